The molecule has 0 atom stereocenters. The van der Waals surface area contributed by atoms with E-state index in [2.05, 4.69) is 35.9 Å². The highest BCUT2D eigenvalue weighted by Gasteiger charge is 2.06. The number of H-pyrrole nitrogens is 2. The van der Waals surface area contributed by atoms with E-state index in [4.69, 9.17) is 5.73 Å². The number of rotatable bonds is 6. The minimum Gasteiger partial charge on any atom is -0.368 e. The van der Waals surface area contributed by atoms with Crippen LogP contribution in [0.25, 0.3) is 0 Å². The summed E-state index contributed by atoms with van der Waals surface area (Å²) in [5.41, 5.74) is 6.17. The highest BCUT2D eigenvalue weighted by atomic mass is 32.2. The van der Waals surface area contributed by atoms with Crippen molar-refractivity contribution in [2.45, 2.75) is 11.6 Å². The summed E-state index contributed by atoms with van der Waals surface area (Å²) in [6, 6.07) is 0. The monoisotopic (exact) mass is 268 g/mol. The Hall–Kier alpha value is -2.10. The molecule has 0 unspecified atom stereocenters. The van der Waals surface area contributed by atoms with Crippen molar-refractivity contribution < 1.29 is 4.79 Å². The third kappa shape index (κ3) is 3.73. The van der Waals surface area contributed by atoms with Crippen molar-refractivity contribution in [2.24, 2.45) is 0 Å². The zero-order valence-corrected chi connectivity index (χ0v) is 10.2. The van der Waals surface area contributed by atoms with Crippen LogP contribution in [-0.2, 0) is 11.2 Å². The van der Waals surface area contributed by atoms with Crippen molar-refractivity contribution in [1.82, 2.24) is 35.9 Å². The zero-order valence-electron chi connectivity index (χ0n) is 9.38. The lowest BCUT2D eigenvalue weighted by Gasteiger charge is -2.01. The number of amides is 1. The first-order valence-electron chi connectivity index (χ1n) is 5.16. The van der Waals surface area contributed by atoms with Gasteiger partial charge in [-0.25, -0.2) is 5.10 Å². The normalized spacial score (nSPS) is 10.4. The Kier molecular flexibility index (Phi) is 4.12. The standard InChI is InChI=1S/C8H12N8OS/c9-7-12-8(15-14-7)18-4-6(17)10-2-1-5-3-11-16-13-5/h3H,1-2,4H2,(H,10,17)(H,11,13,16)(H3,9,12,14,15). The van der Waals surface area contributed by atoms with Gasteiger partial charge in [0.1, 0.15) is 0 Å². The lowest BCUT2D eigenvalue weighted by Crippen LogP contribution is -2.27. The number of carbonyl (C=O) groups excluding carboxylic acids is 1. The molecule has 2 aromatic heterocycles. The minimum absolute atomic E-state index is 0.0909. The number of nitrogens with one attached hydrogen (secondary N) is 3. The number of nitrogen functional groups attached to an aromatic ring is 1. The molecule has 0 spiro atoms. The van der Waals surface area contributed by atoms with Crippen LogP contribution in [0.2, 0.25) is 0 Å². The Bertz CT molecular complexity index is 495. The van der Waals surface area contributed by atoms with Crippen LogP contribution in [0.4, 0.5) is 5.95 Å². The Labute approximate surface area is 106 Å². The number of thioether (sulfide) groups is 1. The topological polar surface area (TPSA) is 138 Å². The molecule has 2 heterocycles. The van der Waals surface area contributed by atoms with E-state index in [9.17, 15) is 4.79 Å². The van der Waals surface area contributed by atoms with Crippen molar-refractivity contribution in [1.29, 1.82) is 0 Å². The Balaban J connectivity index is 1.63. The molecule has 0 saturated heterocycles. The molecule has 1 amide bonds. The van der Waals surface area contributed by atoms with Gasteiger partial charge in [-0.3, -0.25) is 4.79 Å². The molecule has 0 radical (unpaired) electrons. The Morgan fingerprint density at radius 2 is 2.39 bits per heavy atom. The predicted octanol–water partition coefficient (Wildman–Crippen LogP) is -1.04. The van der Waals surface area contributed by atoms with Crippen molar-refractivity contribution in [2.75, 3.05) is 18.0 Å². The van der Waals surface area contributed by atoms with Crippen molar-refractivity contribution in [3.63, 3.8) is 0 Å². The largest absolute Gasteiger partial charge is 0.368 e. The molecule has 0 fully saturated rings. The summed E-state index contributed by atoms with van der Waals surface area (Å²) in [5.74, 6) is 0.395. The van der Waals surface area contributed by atoms with E-state index < -0.39 is 0 Å². The molecule has 0 aliphatic carbocycles. The first kappa shape index (κ1) is 12.4. The molecule has 0 aliphatic rings. The van der Waals surface area contributed by atoms with Gasteiger partial charge < -0.3 is 11.1 Å². The molecule has 10 heteroatoms. The van der Waals surface area contributed by atoms with Crippen molar-refractivity contribution in [3.05, 3.63) is 11.9 Å². The molecule has 0 saturated carbocycles. The van der Waals surface area contributed by atoms with Crippen molar-refractivity contribution in [3.8, 4) is 0 Å². The number of nitrogens with two attached hydrogens (primary N) is 1. The number of anilines is 1. The summed E-state index contributed by atoms with van der Waals surface area (Å²) in [6.07, 6.45) is 2.26. The molecule has 96 valence electrons. The summed E-state index contributed by atoms with van der Waals surface area (Å²) in [6.45, 7) is 0.516. The molecular weight excluding hydrogens is 256 g/mol. The van der Waals surface area contributed by atoms with Crippen molar-refractivity contribution >= 4 is 23.6 Å². The second-order valence-electron chi connectivity index (χ2n) is 3.35. The van der Waals surface area contributed by atoms with Crippen LogP contribution in [0, 0.1) is 0 Å². The fraction of sp³-hybridized carbons (Fsp3) is 0.375. The van der Waals surface area contributed by atoms with E-state index in [0.29, 0.717) is 18.1 Å². The number of hydrogen-bond donors (Lipinski definition) is 4. The van der Waals surface area contributed by atoms with Crippen LogP contribution in [0.5, 0.6) is 0 Å². The first-order chi connectivity index (χ1) is 8.74. The van der Waals surface area contributed by atoms with E-state index in [1.807, 2.05) is 0 Å². The van der Waals surface area contributed by atoms with E-state index in [0.717, 1.165) is 5.69 Å². The summed E-state index contributed by atoms with van der Waals surface area (Å²) >= 11 is 1.22. The van der Waals surface area contributed by atoms with Gasteiger partial charge in [-0.15, -0.1) is 5.10 Å². The molecule has 2 aromatic rings. The second-order valence-corrected chi connectivity index (χ2v) is 4.30. The molecule has 5 N–H and O–H groups in total. The van der Waals surface area contributed by atoms with Gasteiger partial charge in [0.25, 0.3) is 0 Å². The molecular formula is C8H12N8OS. The van der Waals surface area contributed by atoms with Gasteiger partial charge in [-0.2, -0.15) is 20.4 Å². The maximum Gasteiger partial charge on any atom is 0.230 e. The highest BCUT2D eigenvalue weighted by Crippen LogP contribution is 2.11. The van der Waals surface area contributed by atoms with E-state index in [1.54, 1.807) is 6.20 Å². The molecule has 2 rings (SSSR count). The van der Waals surface area contributed by atoms with E-state index >= 15 is 0 Å². The van der Waals surface area contributed by atoms with Gasteiger partial charge in [-0.1, -0.05) is 11.8 Å². The van der Waals surface area contributed by atoms with Gasteiger partial charge in [0.15, 0.2) is 0 Å². The number of aromatic amines is 2. The lowest BCUT2D eigenvalue weighted by molar-refractivity contribution is -0.118. The van der Waals surface area contributed by atoms with Gasteiger partial charge >= 0.3 is 0 Å². The molecule has 18 heavy (non-hydrogen) atoms. The molecule has 0 bridgehead atoms. The first-order valence-corrected chi connectivity index (χ1v) is 6.14. The van der Waals surface area contributed by atoms with Gasteiger partial charge in [0.05, 0.1) is 17.6 Å². The molecule has 0 aromatic carbocycles. The van der Waals surface area contributed by atoms with Gasteiger partial charge in [-0.05, 0) is 0 Å². The summed E-state index contributed by atoms with van der Waals surface area (Å²) in [7, 11) is 0. The lowest BCUT2D eigenvalue weighted by atomic mass is 10.3. The molecule has 0 aliphatic heterocycles. The quantitative estimate of drug-likeness (QED) is 0.490. The predicted molar refractivity (Wildman–Crippen MR) is 64.6 cm³/mol. The van der Waals surface area contributed by atoms with Gasteiger partial charge in [0.2, 0.25) is 17.0 Å². The van der Waals surface area contributed by atoms with Gasteiger partial charge in [0, 0.05) is 13.0 Å². The summed E-state index contributed by atoms with van der Waals surface area (Å²) < 4.78 is 0. The fourth-order valence-corrected chi connectivity index (χ4v) is 1.81. The van der Waals surface area contributed by atoms with Crippen LogP contribution in [0.1, 0.15) is 5.69 Å². The summed E-state index contributed by atoms with van der Waals surface area (Å²) in [4.78, 5) is 15.4. The van der Waals surface area contributed by atoms with E-state index in [-0.39, 0.29) is 17.6 Å². The van der Waals surface area contributed by atoms with Crippen LogP contribution >= 0.6 is 11.8 Å². The number of nitrogens with zero attached hydrogens (tertiary/aromatic N) is 4. The fourth-order valence-electron chi connectivity index (χ4n) is 1.18. The highest BCUT2D eigenvalue weighted by molar-refractivity contribution is 7.99. The van der Waals surface area contributed by atoms with E-state index in [1.165, 1.54) is 11.8 Å². The minimum atomic E-state index is -0.0909. The smallest absolute Gasteiger partial charge is 0.230 e. The van der Waals surface area contributed by atoms with Crippen LogP contribution < -0.4 is 11.1 Å². The Morgan fingerprint density at radius 3 is 3.06 bits per heavy atom. The third-order valence-electron chi connectivity index (χ3n) is 1.98. The maximum atomic E-state index is 11.5. The number of hydrogen-bond acceptors (Lipinski definition) is 7. The SMILES string of the molecule is Nc1nc(SCC(=O)NCCc2cn[nH]n2)n[nH]1. The zero-order chi connectivity index (χ0) is 12.8. The second kappa shape index (κ2) is 6.00. The average molecular weight is 268 g/mol. The van der Waals surface area contributed by atoms with Crippen LogP contribution in [0.15, 0.2) is 11.4 Å². The Morgan fingerprint density at radius 1 is 1.50 bits per heavy atom. The number of aromatic nitrogens is 6. The van der Waals surface area contributed by atoms with Crippen LogP contribution in [-0.4, -0.2) is 48.8 Å². The third-order valence-corrected chi connectivity index (χ3v) is 2.83. The summed E-state index contributed by atoms with van der Waals surface area (Å²) in [5, 5.41) is 19.6. The molecule has 9 nitrogen and oxygen atoms in total. The van der Waals surface area contributed by atoms with Crippen LogP contribution in [0.3, 0.4) is 0 Å². The average Bonchev–Trinajstić information content (AvgIpc) is 2.98. The maximum absolute atomic E-state index is 11.5. The number of carbonyl (C=O) groups is 1.